The number of ether oxygens (including phenoxy) is 4. The van der Waals surface area contributed by atoms with Gasteiger partial charge in [-0.25, -0.2) is 4.98 Å². The van der Waals surface area contributed by atoms with Gasteiger partial charge in [0, 0.05) is 5.56 Å². The normalized spacial score (nSPS) is 11.8. The zero-order valence-corrected chi connectivity index (χ0v) is 17.1. The topological polar surface area (TPSA) is 105 Å². The van der Waals surface area contributed by atoms with E-state index < -0.39 is 6.04 Å². The summed E-state index contributed by atoms with van der Waals surface area (Å²) in [6.07, 6.45) is 0. The smallest absolute Gasteiger partial charge is 0.181 e. The third kappa shape index (κ3) is 4.43. The first-order chi connectivity index (χ1) is 14.1. The van der Waals surface area contributed by atoms with E-state index in [1.165, 1.54) is 0 Å². The van der Waals surface area contributed by atoms with E-state index >= 15 is 0 Å². The van der Waals surface area contributed by atoms with Gasteiger partial charge in [0.25, 0.3) is 0 Å². The maximum atomic E-state index is 6.41. The first-order valence-corrected chi connectivity index (χ1v) is 9.41. The van der Waals surface area contributed by atoms with Crippen LogP contribution in [0.3, 0.4) is 0 Å². The van der Waals surface area contributed by atoms with E-state index in [0.29, 0.717) is 47.9 Å². The molecule has 3 aromatic rings. The van der Waals surface area contributed by atoms with Gasteiger partial charge in [0.2, 0.25) is 0 Å². The number of rotatable bonds is 9. The van der Waals surface area contributed by atoms with E-state index in [2.05, 4.69) is 15.2 Å². The molecule has 154 valence electrons. The Morgan fingerprint density at radius 1 is 0.897 bits per heavy atom. The molecule has 1 aromatic heterocycles. The predicted octanol–water partition coefficient (Wildman–Crippen LogP) is 3.33. The van der Waals surface area contributed by atoms with Crippen molar-refractivity contribution in [3.8, 4) is 34.4 Å². The Balaban J connectivity index is 1.88. The SMILES string of the molecule is CCOc1cc(-c2n[nH]c(C(N)c3ccc(OC)c(OCC)c3)n2)ccc1OC. The third-order valence-corrected chi connectivity index (χ3v) is 4.37. The van der Waals surface area contributed by atoms with Gasteiger partial charge in [0.15, 0.2) is 28.8 Å². The summed E-state index contributed by atoms with van der Waals surface area (Å²) in [7, 11) is 3.21. The molecule has 0 aliphatic rings. The standard InChI is InChI=1S/C21H26N4O4/c1-5-28-17-11-13(7-9-15(17)26-3)19(22)21-23-20(24-25-21)14-8-10-16(27-4)18(12-14)29-6-2/h7-12,19H,5-6,22H2,1-4H3,(H,23,24,25). The van der Waals surface area contributed by atoms with Crippen LogP contribution in [0.15, 0.2) is 36.4 Å². The largest absolute Gasteiger partial charge is 0.493 e. The average Bonchev–Trinajstić information content (AvgIpc) is 3.24. The average molecular weight is 398 g/mol. The van der Waals surface area contributed by atoms with Crippen LogP contribution in [0.1, 0.15) is 31.3 Å². The lowest BCUT2D eigenvalue weighted by atomic mass is 10.1. The summed E-state index contributed by atoms with van der Waals surface area (Å²) in [6.45, 7) is 4.90. The van der Waals surface area contributed by atoms with Crippen molar-refractivity contribution in [3.63, 3.8) is 0 Å². The Kier molecular flexibility index (Phi) is 6.56. The highest BCUT2D eigenvalue weighted by molar-refractivity contribution is 5.61. The summed E-state index contributed by atoms with van der Waals surface area (Å²) in [5.41, 5.74) is 8.05. The monoisotopic (exact) mass is 398 g/mol. The van der Waals surface area contributed by atoms with Crippen LogP contribution in [-0.2, 0) is 0 Å². The molecule has 3 N–H and O–H groups in total. The van der Waals surface area contributed by atoms with Crippen molar-refractivity contribution >= 4 is 0 Å². The maximum absolute atomic E-state index is 6.41. The number of hydrogen-bond acceptors (Lipinski definition) is 7. The van der Waals surface area contributed by atoms with Gasteiger partial charge < -0.3 is 24.7 Å². The second-order valence-corrected chi connectivity index (χ2v) is 6.16. The van der Waals surface area contributed by atoms with Gasteiger partial charge in [-0.2, -0.15) is 5.10 Å². The Hall–Kier alpha value is -3.26. The Morgan fingerprint density at radius 2 is 1.52 bits per heavy atom. The van der Waals surface area contributed by atoms with E-state index in [1.807, 2.05) is 50.2 Å². The summed E-state index contributed by atoms with van der Waals surface area (Å²) < 4.78 is 21.9. The highest BCUT2D eigenvalue weighted by Crippen LogP contribution is 2.33. The molecule has 3 rings (SSSR count). The maximum Gasteiger partial charge on any atom is 0.181 e. The van der Waals surface area contributed by atoms with Crippen molar-refractivity contribution in [1.82, 2.24) is 15.2 Å². The van der Waals surface area contributed by atoms with E-state index in [0.717, 1.165) is 11.1 Å². The molecule has 0 saturated carbocycles. The Labute approximate surface area is 170 Å². The molecule has 0 amide bonds. The quantitative estimate of drug-likeness (QED) is 0.569. The molecule has 0 spiro atoms. The predicted molar refractivity (Wildman–Crippen MR) is 110 cm³/mol. The molecule has 0 fully saturated rings. The molecule has 8 nitrogen and oxygen atoms in total. The zero-order chi connectivity index (χ0) is 20.8. The van der Waals surface area contributed by atoms with Gasteiger partial charge in [-0.05, 0) is 49.7 Å². The molecule has 0 aliphatic heterocycles. The molecule has 8 heteroatoms. The van der Waals surface area contributed by atoms with Crippen LogP contribution < -0.4 is 24.7 Å². The summed E-state index contributed by atoms with van der Waals surface area (Å²) in [4.78, 5) is 4.57. The fourth-order valence-electron chi connectivity index (χ4n) is 2.94. The lowest BCUT2D eigenvalue weighted by Gasteiger charge is -2.14. The second kappa shape index (κ2) is 9.29. The van der Waals surface area contributed by atoms with Gasteiger partial charge in [-0.3, -0.25) is 5.10 Å². The van der Waals surface area contributed by atoms with Crippen LogP contribution in [0.2, 0.25) is 0 Å². The number of benzene rings is 2. The number of nitrogens with two attached hydrogens (primary N) is 1. The molecule has 0 saturated heterocycles. The van der Waals surface area contributed by atoms with Gasteiger partial charge in [-0.15, -0.1) is 0 Å². The minimum absolute atomic E-state index is 0.494. The number of H-pyrrole nitrogens is 1. The van der Waals surface area contributed by atoms with Gasteiger partial charge in [0.1, 0.15) is 5.82 Å². The zero-order valence-electron chi connectivity index (χ0n) is 17.1. The van der Waals surface area contributed by atoms with E-state index in [4.69, 9.17) is 24.7 Å². The molecule has 0 aliphatic carbocycles. The summed E-state index contributed by atoms with van der Waals surface area (Å²) in [6, 6.07) is 10.6. The van der Waals surface area contributed by atoms with Crippen molar-refractivity contribution in [2.75, 3.05) is 27.4 Å². The lowest BCUT2D eigenvalue weighted by Crippen LogP contribution is -2.14. The molecule has 1 atom stereocenters. The molecule has 0 radical (unpaired) electrons. The Bertz CT molecular complexity index is 958. The number of methoxy groups -OCH3 is 2. The van der Waals surface area contributed by atoms with Crippen molar-refractivity contribution in [1.29, 1.82) is 0 Å². The second-order valence-electron chi connectivity index (χ2n) is 6.16. The Morgan fingerprint density at radius 3 is 2.14 bits per heavy atom. The highest BCUT2D eigenvalue weighted by atomic mass is 16.5. The van der Waals surface area contributed by atoms with Crippen molar-refractivity contribution in [3.05, 3.63) is 47.8 Å². The molecular formula is C21H26N4O4. The van der Waals surface area contributed by atoms with Crippen molar-refractivity contribution < 1.29 is 18.9 Å². The highest BCUT2D eigenvalue weighted by Gasteiger charge is 2.18. The minimum atomic E-state index is -0.494. The number of hydrogen-bond donors (Lipinski definition) is 2. The first-order valence-electron chi connectivity index (χ1n) is 9.41. The summed E-state index contributed by atoms with van der Waals surface area (Å²) in [5, 5.41) is 7.25. The molecule has 1 heterocycles. The van der Waals surface area contributed by atoms with Gasteiger partial charge in [0.05, 0.1) is 33.5 Å². The van der Waals surface area contributed by atoms with E-state index in [1.54, 1.807) is 14.2 Å². The third-order valence-electron chi connectivity index (χ3n) is 4.37. The van der Waals surface area contributed by atoms with Crippen molar-refractivity contribution in [2.24, 2.45) is 5.73 Å². The fraction of sp³-hybridized carbons (Fsp3) is 0.333. The number of nitrogens with one attached hydrogen (secondary N) is 1. The van der Waals surface area contributed by atoms with Crippen LogP contribution in [0.25, 0.3) is 11.4 Å². The van der Waals surface area contributed by atoms with Gasteiger partial charge in [-0.1, -0.05) is 6.07 Å². The number of nitrogens with zero attached hydrogens (tertiary/aromatic N) is 2. The summed E-state index contributed by atoms with van der Waals surface area (Å²) in [5.74, 6) is 3.66. The van der Waals surface area contributed by atoms with Crippen LogP contribution in [-0.4, -0.2) is 42.6 Å². The molecule has 2 aromatic carbocycles. The van der Waals surface area contributed by atoms with Crippen molar-refractivity contribution in [2.45, 2.75) is 19.9 Å². The fourth-order valence-corrected chi connectivity index (χ4v) is 2.94. The molecule has 1 unspecified atom stereocenters. The van der Waals surface area contributed by atoms with Crippen LogP contribution >= 0.6 is 0 Å². The molecule has 0 bridgehead atoms. The van der Waals surface area contributed by atoms with Gasteiger partial charge >= 0.3 is 0 Å². The summed E-state index contributed by atoms with van der Waals surface area (Å²) >= 11 is 0. The molecule has 29 heavy (non-hydrogen) atoms. The lowest BCUT2D eigenvalue weighted by molar-refractivity contribution is 0.310. The number of aromatic nitrogens is 3. The molecular weight excluding hydrogens is 372 g/mol. The van der Waals surface area contributed by atoms with Crippen LogP contribution in [0.4, 0.5) is 0 Å². The van der Waals surface area contributed by atoms with Crippen LogP contribution in [0.5, 0.6) is 23.0 Å². The van der Waals surface area contributed by atoms with E-state index in [-0.39, 0.29) is 0 Å². The van der Waals surface area contributed by atoms with E-state index in [9.17, 15) is 0 Å². The number of aromatic amines is 1. The minimum Gasteiger partial charge on any atom is -0.493 e. The first kappa shape index (κ1) is 20.5. The van der Waals surface area contributed by atoms with Crippen LogP contribution in [0, 0.1) is 0 Å².